The molecule has 0 saturated heterocycles. The van der Waals surface area contributed by atoms with Crippen LogP contribution in [0.15, 0.2) is 42.5 Å². The lowest BCUT2D eigenvalue weighted by molar-refractivity contribution is -0.118. The first-order valence-electron chi connectivity index (χ1n) is 8.51. The van der Waals surface area contributed by atoms with Crippen molar-refractivity contribution in [3.8, 4) is 5.75 Å². The van der Waals surface area contributed by atoms with Gasteiger partial charge in [0.05, 0.1) is 21.9 Å². The predicted octanol–water partition coefficient (Wildman–Crippen LogP) is 4.19. The number of rotatable bonds is 6. The highest BCUT2D eigenvalue weighted by Crippen LogP contribution is 2.27. The quantitative estimate of drug-likeness (QED) is 0.645. The molecule has 27 heavy (non-hydrogen) atoms. The van der Waals surface area contributed by atoms with Gasteiger partial charge in [-0.15, -0.1) is 0 Å². The molecule has 1 amide bonds. The van der Waals surface area contributed by atoms with Crippen LogP contribution in [0.2, 0.25) is 0 Å². The van der Waals surface area contributed by atoms with Crippen LogP contribution in [0.3, 0.4) is 0 Å². The van der Waals surface area contributed by atoms with Crippen LogP contribution in [0.4, 0.5) is 5.13 Å². The first-order chi connectivity index (χ1) is 12.9. The number of ether oxygens (including phenoxy) is 2. The molecule has 0 atom stereocenters. The van der Waals surface area contributed by atoms with Crippen LogP contribution >= 0.6 is 11.3 Å². The Labute approximate surface area is 161 Å². The summed E-state index contributed by atoms with van der Waals surface area (Å²) in [5.74, 6) is -0.0322. The third-order valence-corrected chi connectivity index (χ3v) is 4.51. The summed E-state index contributed by atoms with van der Waals surface area (Å²) in [6.07, 6.45) is -0.182. The van der Waals surface area contributed by atoms with E-state index < -0.39 is 0 Å². The molecule has 0 aliphatic rings. The van der Waals surface area contributed by atoms with Crippen molar-refractivity contribution < 1.29 is 19.1 Å². The summed E-state index contributed by atoms with van der Waals surface area (Å²) in [5.41, 5.74) is 2.22. The number of carbonyl (C=O) groups is 2. The zero-order valence-electron chi connectivity index (χ0n) is 15.3. The second-order valence-corrected chi connectivity index (χ2v) is 7.34. The standard InChI is InChI=1S/C20H20N2O4S/c1-12(2)26-19(24)14-7-8-16-17(10-14)27-20(21-16)22-18(23)11-25-15-6-4-5-13(3)9-15/h4-10,12H,11H2,1-3H3,(H,21,22,23). The molecule has 1 heterocycles. The molecule has 3 rings (SSSR count). The number of benzene rings is 2. The molecule has 0 fully saturated rings. The lowest BCUT2D eigenvalue weighted by atomic mass is 10.2. The lowest BCUT2D eigenvalue weighted by Gasteiger charge is -2.07. The number of fused-ring (bicyclic) bond motifs is 1. The van der Waals surface area contributed by atoms with E-state index in [0.29, 0.717) is 22.0 Å². The van der Waals surface area contributed by atoms with E-state index in [-0.39, 0.29) is 24.6 Å². The molecule has 6 nitrogen and oxygen atoms in total. The van der Waals surface area contributed by atoms with E-state index in [0.717, 1.165) is 10.3 Å². The van der Waals surface area contributed by atoms with Crippen LogP contribution in [0.1, 0.15) is 29.8 Å². The number of carbonyl (C=O) groups excluding carboxylic acids is 2. The van der Waals surface area contributed by atoms with Crippen LogP contribution in [0.25, 0.3) is 10.2 Å². The minimum atomic E-state index is -0.377. The van der Waals surface area contributed by atoms with Crippen LogP contribution in [-0.4, -0.2) is 29.6 Å². The number of nitrogens with zero attached hydrogens (tertiary/aromatic N) is 1. The number of amides is 1. The normalized spacial score (nSPS) is 10.8. The molecule has 0 aliphatic carbocycles. The highest BCUT2D eigenvalue weighted by Gasteiger charge is 2.13. The molecule has 0 radical (unpaired) electrons. The van der Waals surface area contributed by atoms with Gasteiger partial charge < -0.3 is 9.47 Å². The lowest BCUT2D eigenvalue weighted by Crippen LogP contribution is -2.20. The van der Waals surface area contributed by atoms with Crippen molar-refractivity contribution in [2.24, 2.45) is 0 Å². The Bertz CT molecular complexity index is 981. The summed E-state index contributed by atoms with van der Waals surface area (Å²) in [5, 5.41) is 3.18. The monoisotopic (exact) mass is 384 g/mol. The molecule has 7 heteroatoms. The second-order valence-electron chi connectivity index (χ2n) is 6.31. The first-order valence-corrected chi connectivity index (χ1v) is 9.33. The van der Waals surface area contributed by atoms with E-state index in [1.807, 2.05) is 25.1 Å². The summed E-state index contributed by atoms with van der Waals surface area (Å²) in [6, 6.07) is 12.6. The fourth-order valence-corrected chi connectivity index (χ4v) is 3.32. The summed E-state index contributed by atoms with van der Waals surface area (Å²) >= 11 is 1.29. The molecule has 0 saturated carbocycles. The topological polar surface area (TPSA) is 77.5 Å². The average molecular weight is 384 g/mol. The van der Waals surface area contributed by atoms with Gasteiger partial charge in [0.1, 0.15) is 5.75 Å². The van der Waals surface area contributed by atoms with E-state index in [1.54, 1.807) is 38.1 Å². The number of anilines is 1. The molecule has 0 spiro atoms. The predicted molar refractivity (Wildman–Crippen MR) is 105 cm³/mol. The van der Waals surface area contributed by atoms with E-state index in [1.165, 1.54) is 11.3 Å². The van der Waals surface area contributed by atoms with Crippen molar-refractivity contribution >= 4 is 38.6 Å². The number of aryl methyl sites for hydroxylation is 1. The molecule has 0 aliphatic heterocycles. The van der Waals surface area contributed by atoms with Crippen molar-refractivity contribution in [1.82, 2.24) is 4.98 Å². The van der Waals surface area contributed by atoms with E-state index in [4.69, 9.17) is 9.47 Å². The van der Waals surface area contributed by atoms with Crippen LogP contribution in [0.5, 0.6) is 5.75 Å². The average Bonchev–Trinajstić information content (AvgIpc) is 3.00. The summed E-state index contributed by atoms with van der Waals surface area (Å²) in [4.78, 5) is 28.5. The fourth-order valence-electron chi connectivity index (χ4n) is 2.40. The largest absolute Gasteiger partial charge is 0.484 e. The number of nitrogens with one attached hydrogen (secondary N) is 1. The van der Waals surface area contributed by atoms with Gasteiger partial charge in [0.2, 0.25) is 0 Å². The Hall–Kier alpha value is -2.93. The molecule has 0 bridgehead atoms. The molecule has 1 N–H and O–H groups in total. The minimum absolute atomic E-state index is 0.106. The van der Waals surface area contributed by atoms with Crippen molar-refractivity contribution in [2.75, 3.05) is 11.9 Å². The smallest absolute Gasteiger partial charge is 0.338 e. The first kappa shape index (κ1) is 18.8. The third kappa shape index (κ3) is 5.04. The molecular weight excluding hydrogens is 364 g/mol. The zero-order chi connectivity index (χ0) is 19.4. The summed E-state index contributed by atoms with van der Waals surface area (Å²) in [7, 11) is 0. The Balaban J connectivity index is 1.64. The van der Waals surface area contributed by atoms with Gasteiger partial charge in [-0.25, -0.2) is 9.78 Å². The second kappa shape index (κ2) is 8.18. The molecule has 3 aromatic rings. The molecule has 1 aromatic heterocycles. The Morgan fingerprint density at radius 3 is 2.74 bits per heavy atom. The van der Waals surface area contributed by atoms with Crippen molar-refractivity contribution in [3.63, 3.8) is 0 Å². The number of aromatic nitrogens is 1. The van der Waals surface area contributed by atoms with Gasteiger partial charge >= 0.3 is 5.97 Å². The maximum Gasteiger partial charge on any atom is 0.338 e. The number of hydrogen-bond donors (Lipinski definition) is 1. The van der Waals surface area contributed by atoms with Crippen LogP contribution in [0, 0.1) is 6.92 Å². The van der Waals surface area contributed by atoms with Gasteiger partial charge in [-0.3, -0.25) is 10.1 Å². The Morgan fingerprint density at radius 2 is 2.00 bits per heavy atom. The maximum atomic E-state index is 12.1. The van der Waals surface area contributed by atoms with E-state index in [9.17, 15) is 9.59 Å². The van der Waals surface area contributed by atoms with Gasteiger partial charge in [-0.1, -0.05) is 23.5 Å². The minimum Gasteiger partial charge on any atom is -0.484 e. The third-order valence-electron chi connectivity index (χ3n) is 3.57. The van der Waals surface area contributed by atoms with Gasteiger partial charge in [-0.2, -0.15) is 0 Å². The Kier molecular flexibility index (Phi) is 5.71. The van der Waals surface area contributed by atoms with Crippen molar-refractivity contribution in [1.29, 1.82) is 0 Å². The van der Waals surface area contributed by atoms with Gasteiger partial charge in [0.25, 0.3) is 5.91 Å². The number of thiazole rings is 1. The van der Waals surface area contributed by atoms with Crippen molar-refractivity contribution in [2.45, 2.75) is 26.9 Å². The highest BCUT2D eigenvalue weighted by atomic mass is 32.1. The molecule has 140 valence electrons. The van der Waals surface area contributed by atoms with Crippen LogP contribution in [-0.2, 0) is 9.53 Å². The molecule has 2 aromatic carbocycles. The van der Waals surface area contributed by atoms with Crippen molar-refractivity contribution in [3.05, 3.63) is 53.6 Å². The maximum absolute atomic E-state index is 12.1. The SMILES string of the molecule is Cc1cccc(OCC(=O)Nc2nc3ccc(C(=O)OC(C)C)cc3s2)c1. The number of hydrogen-bond acceptors (Lipinski definition) is 6. The van der Waals surface area contributed by atoms with Gasteiger partial charge in [0.15, 0.2) is 11.7 Å². The number of esters is 1. The summed E-state index contributed by atoms with van der Waals surface area (Å²) in [6.45, 7) is 5.45. The summed E-state index contributed by atoms with van der Waals surface area (Å²) < 4.78 is 11.5. The van der Waals surface area contributed by atoms with E-state index in [2.05, 4.69) is 10.3 Å². The van der Waals surface area contributed by atoms with Gasteiger partial charge in [0, 0.05) is 0 Å². The zero-order valence-corrected chi connectivity index (χ0v) is 16.1. The molecule has 0 unspecified atom stereocenters. The van der Waals surface area contributed by atoms with Gasteiger partial charge in [-0.05, 0) is 56.7 Å². The molecular formula is C20H20N2O4S. The van der Waals surface area contributed by atoms with Crippen LogP contribution < -0.4 is 10.1 Å². The fraction of sp³-hybridized carbons (Fsp3) is 0.250. The van der Waals surface area contributed by atoms with E-state index >= 15 is 0 Å². The highest BCUT2D eigenvalue weighted by molar-refractivity contribution is 7.22. The Morgan fingerprint density at radius 1 is 1.19 bits per heavy atom.